The highest BCUT2D eigenvalue weighted by Crippen LogP contribution is 2.52. The minimum absolute atomic E-state index is 0.0331. The van der Waals surface area contributed by atoms with Crippen LogP contribution in [0.4, 0.5) is 14.6 Å². The topological polar surface area (TPSA) is 112 Å². The first-order valence-corrected chi connectivity index (χ1v) is 12.5. The molecule has 1 aliphatic heterocycles. The molecule has 200 valence electrons. The van der Waals surface area contributed by atoms with E-state index < -0.39 is 41.0 Å². The van der Waals surface area contributed by atoms with Gasteiger partial charge in [0.05, 0.1) is 11.1 Å². The SMILES string of the molecule is CC(C)(C)C[C@@H]1N[C@@H](C(=O)O)[C@H](c2cccc(Cl)c2F)[C@@]1(C#N)c1ccc(Cl)cc1F.Nc1ccccn1. The summed E-state index contributed by atoms with van der Waals surface area (Å²) in [6.45, 7) is 5.79. The molecule has 0 radical (unpaired) electrons. The second-order valence-corrected chi connectivity index (χ2v) is 11.1. The molecule has 1 saturated heterocycles. The molecule has 1 aromatic heterocycles. The maximum absolute atomic E-state index is 15.2. The van der Waals surface area contributed by atoms with Crippen LogP contribution in [-0.4, -0.2) is 28.1 Å². The lowest BCUT2D eigenvalue weighted by molar-refractivity contribution is -0.139. The summed E-state index contributed by atoms with van der Waals surface area (Å²) in [6.07, 6.45) is 2.00. The predicted molar refractivity (Wildman–Crippen MR) is 144 cm³/mol. The molecular formula is C28H28Cl2F2N4O2. The smallest absolute Gasteiger partial charge is 0.321 e. The van der Waals surface area contributed by atoms with Crippen LogP contribution in [0.15, 0.2) is 60.8 Å². The lowest BCUT2D eigenvalue weighted by atomic mass is 9.62. The number of aromatic nitrogens is 1. The van der Waals surface area contributed by atoms with Gasteiger partial charge in [0, 0.05) is 28.7 Å². The Kier molecular flexibility index (Phi) is 8.98. The van der Waals surface area contributed by atoms with Crippen LogP contribution in [0.3, 0.4) is 0 Å². The zero-order chi connectivity index (χ0) is 28.3. The van der Waals surface area contributed by atoms with Gasteiger partial charge in [-0.3, -0.25) is 10.1 Å². The summed E-state index contributed by atoms with van der Waals surface area (Å²) in [7, 11) is 0. The quantitative estimate of drug-likeness (QED) is 0.343. The number of carboxylic acid groups (broad SMARTS) is 1. The molecule has 4 N–H and O–H groups in total. The normalized spacial score (nSPS) is 22.7. The van der Waals surface area contributed by atoms with Gasteiger partial charge < -0.3 is 10.8 Å². The van der Waals surface area contributed by atoms with Crippen molar-refractivity contribution in [3.05, 3.63) is 93.6 Å². The molecule has 4 atom stereocenters. The average molecular weight is 561 g/mol. The number of carbonyl (C=O) groups is 1. The third-order valence-electron chi connectivity index (χ3n) is 6.40. The Hall–Kier alpha value is -3.25. The van der Waals surface area contributed by atoms with Crippen LogP contribution in [0, 0.1) is 28.4 Å². The van der Waals surface area contributed by atoms with Crippen molar-refractivity contribution in [2.45, 2.75) is 50.6 Å². The fraction of sp³-hybridized carbons (Fsp3) is 0.321. The van der Waals surface area contributed by atoms with Crippen LogP contribution in [-0.2, 0) is 10.2 Å². The molecule has 10 heteroatoms. The van der Waals surface area contributed by atoms with E-state index in [0.717, 1.165) is 6.07 Å². The van der Waals surface area contributed by atoms with Crippen molar-refractivity contribution in [3.63, 3.8) is 0 Å². The first-order valence-electron chi connectivity index (χ1n) is 11.8. The highest BCUT2D eigenvalue weighted by atomic mass is 35.5. The van der Waals surface area contributed by atoms with Crippen molar-refractivity contribution >= 4 is 35.0 Å². The summed E-state index contributed by atoms with van der Waals surface area (Å²) in [5.41, 5.74) is 3.09. The van der Waals surface area contributed by atoms with E-state index in [1.54, 1.807) is 12.3 Å². The van der Waals surface area contributed by atoms with E-state index in [-0.39, 0.29) is 26.6 Å². The van der Waals surface area contributed by atoms with E-state index in [1.807, 2.05) is 32.9 Å². The summed E-state index contributed by atoms with van der Waals surface area (Å²) in [5, 5.41) is 23.4. The standard InChI is InChI=1S/C23H22Cl2F2N2O2.C5H6N2/c1-22(2,3)10-17-23(11-28,14-8-7-12(24)9-16(14)26)18(20(29-17)21(30)31)13-5-4-6-15(25)19(13)27;6-5-3-1-2-4-7-5/h4-9,17-18,20,29H,10H2,1-3H3,(H,30,31);1-4H,(H2,6,7)/t17-,18-,20+,23-;/m0./s1. The van der Waals surface area contributed by atoms with E-state index in [2.05, 4.69) is 16.4 Å². The Morgan fingerprint density at radius 1 is 1.18 bits per heavy atom. The van der Waals surface area contributed by atoms with Crippen molar-refractivity contribution in [3.8, 4) is 6.07 Å². The summed E-state index contributed by atoms with van der Waals surface area (Å²) in [5.74, 6) is -3.52. The second-order valence-electron chi connectivity index (χ2n) is 10.3. The molecule has 1 aliphatic rings. The molecule has 2 heterocycles. The molecule has 38 heavy (non-hydrogen) atoms. The first kappa shape index (κ1) is 29.3. The Morgan fingerprint density at radius 3 is 2.39 bits per heavy atom. The highest BCUT2D eigenvalue weighted by molar-refractivity contribution is 6.31. The number of pyridine rings is 1. The number of nitriles is 1. The number of nitrogen functional groups attached to an aromatic ring is 1. The van der Waals surface area contributed by atoms with Gasteiger partial charge in [-0.1, -0.05) is 68.2 Å². The number of anilines is 1. The zero-order valence-electron chi connectivity index (χ0n) is 21.1. The van der Waals surface area contributed by atoms with Crippen molar-refractivity contribution in [1.82, 2.24) is 10.3 Å². The maximum atomic E-state index is 15.2. The van der Waals surface area contributed by atoms with Gasteiger partial charge in [0.2, 0.25) is 0 Å². The lowest BCUT2D eigenvalue weighted by Crippen LogP contribution is -2.44. The largest absolute Gasteiger partial charge is 0.480 e. The Balaban J connectivity index is 0.000000494. The molecule has 1 fully saturated rings. The average Bonchev–Trinajstić information content (AvgIpc) is 3.15. The van der Waals surface area contributed by atoms with Gasteiger partial charge in [0.25, 0.3) is 0 Å². The van der Waals surface area contributed by atoms with Crippen molar-refractivity contribution in [2.24, 2.45) is 5.41 Å². The molecule has 6 nitrogen and oxygen atoms in total. The van der Waals surface area contributed by atoms with Gasteiger partial charge in [0.15, 0.2) is 0 Å². The van der Waals surface area contributed by atoms with Gasteiger partial charge in [-0.05, 0) is 47.7 Å². The van der Waals surface area contributed by atoms with E-state index in [0.29, 0.717) is 12.2 Å². The third-order valence-corrected chi connectivity index (χ3v) is 6.93. The summed E-state index contributed by atoms with van der Waals surface area (Å²) < 4.78 is 30.3. The number of rotatable bonds is 4. The van der Waals surface area contributed by atoms with E-state index in [4.69, 9.17) is 28.9 Å². The van der Waals surface area contributed by atoms with Crippen molar-refractivity contribution < 1.29 is 18.7 Å². The van der Waals surface area contributed by atoms with Gasteiger partial charge in [-0.25, -0.2) is 13.8 Å². The molecule has 0 unspecified atom stereocenters. The molecule has 0 saturated carbocycles. The van der Waals surface area contributed by atoms with Gasteiger partial charge in [-0.15, -0.1) is 0 Å². The minimum Gasteiger partial charge on any atom is -0.480 e. The lowest BCUT2D eigenvalue weighted by Gasteiger charge is -2.37. The summed E-state index contributed by atoms with van der Waals surface area (Å²) >= 11 is 11.9. The number of halogens is 4. The second kappa shape index (κ2) is 11.6. The summed E-state index contributed by atoms with van der Waals surface area (Å²) in [4.78, 5) is 16.0. The number of nitrogens with one attached hydrogen (secondary N) is 1. The number of hydrogen-bond acceptors (Lipinski definition) is 5. The van der Waals surface area contributed by atoms with Crippen LogP contribution in [0.1, 0.15) is 44.2 Å². The maximum Gasteiger partial charge on any atom is 0.321 e. The van der Waals surface area contributed by atoms with Gasteiger partial charge in [-0.2, -0.15) is 5.26 Å². The molecular weight excluding hydrogens is 533 g/mol. The minimum atomic E-state index is -1.73. The fourth-order valence-corrected chi connectivity index (χ4v) is 5.26. The van der Waals surface area contributed by atoms with E-state index in [1.165, 1.54) is 30.3 Å². The van der Waals surface area contributed by atoms with E-state index in [9.17, 15) is 15.2 Å². The Bertz CT molecular complexity index is 1340. The monoisotopic (exact) mass is 560 g/mol. The molecule has 2 aromatic carbocycles. The van der Waals surface area contributed by atoms with Crippen LogP contribution < -0.4 is 11.1 Å². The number of aliphatic carboxylic acids is 1. The van der Waals surface area contributed by atoms with Crippen LogP contribution >= 0.6 is 23.2 Å². The molecule has 0 spiro atoms. The van der Waals surface area contributed by atoms with Crippen molar-refractivity contribution in [2.75, 3.05) is 5.73 Å². The number of hydrogen-bond donors (Lipinski definition) is 3. The molecule has 4 rings (SSSR count). The number of nitrogens with zero attached hydrogens (tertiary/aromatic N) is 2. The third kappa shape index (κ3) is 6.07. The highest BCUT2D eigenvalue weighted by Gasteiger charge is 2.61. The van der Waals surface area contributed by atoms with Crippen LogP contribution in [0.5, 0.6) is 0 Å². The van der Waals surface area contributed by atoms with Gasteiger partial charge >= 0.3 is 5.97 Å². The molecule has 0 aliphatic carbocycles. The van der Waals surface area contributed by atoms with Crippen molar-refractivity contribution in [1.29, 1.82) is 5.26 Å². The fourth-order valence-electron chi connectivity index (χ4n) is 4.92. The van der Waals surface area contributed by atoms with Crippen LogP contribution in [0.25, 0.3) is 0 Å². The Labute approximate surface area is 230 Å². The number of carboxylic acids is 1. The number of nitrogens with two attached hydrogens (primary N) is 1. The molecule has 0 amide bonds. The predicted octanol–water partition coefficient (Wildman–Crippen LogP) is 6.34. The molecule has 3 aromatic rings. The molecule has 0 bridgehead atoms. The first-order chi connectivity index (χ1) is 17.8. The summed E-state index contributed by atoms with van der Waals surface area (Å²) in [6, 6.07) is 13.6. The number of benzene rings is 2. The van der Waals surface area contributed by atoms with Gasteiger partial charge in [0.1, 0.15) is 28.9 Å². The van der Waals surface area contributed by atoms with E-state index >= 15 is 8.78 Å². The zero-order valence-corrected chi connectivity index (χ0v) is 22.6. The van der Waals surface area contributed by atoms with Crippen LogP contribution in [0.2, 0.25) is 10.0 Å². The Morgan fingerprint density at radius 2 is 1.89 bits per heavy atom.